The molecule has 1 aromatic heterocycles. The van der Waals surface area contributed by atoms with Crippen molar-refractivity contribution in [2.24, 2.45) is 0 Å². The molecule has 0 bridgehead atoms. The van der Waals surface area contributed by atoms with Crippen molar-refractivity contribution in [3.63, 3.8) is 0 Å². The number of rotatable bonds is 11. The van der Waals surface area contributed by atoms with Gasteiger partial charge in [0.15, 0.2) is 0 Å². The van der Waals surface area contributed by atoms with Crippen molar-refractivity contribution in [2.45, 2.75) is 38.5 Å². The van der Waals surface area contributed by atoms with E-state index >= 15 is 0 Å². The van der Waals surface area contributed by atoms with Gasteiger partial charge in [0.05, 0.1) is 19.0 Å². The molecule has 1 heterocycles. The standard InChI is InChI=1S/C15H26N2O3/c1-2-17(13-5-6-13)8-7-16-10-14(18)11-19-12-15-4-3-9-20-15/h3-4,9,13-14,16,18H,2,5-8,10-12H2,1H3. The highest BCUT2D eigenvalue weighted by Gasteiger charge is 2.26. The normalized spacial score (nSPS) is 16.8. The fourth-order valence-electron chi connectivity index (χ4n) is 2.28. The van der Waals surface area contributed by atoms with Crippen LogP contribution in [0.2, 0.25) is 0 Å². The van der Waals surface area contributed by atoms with Crippen LogP contribution in [-0.2, 0) is 11.3 Å². The first-order valence-electron chi connectivity index (χ1n) is 7.52. The molecule has 0 aromatic carbocycles. The lowest BCUT2D eigenvalue weighted by molar-refractivity contribution is 0.0225. The number of nitrogens with zero attached hydrogens (tertiary/aromatic N) is 1. The monoisotopic (exact) mass is 282 g/mol. The molecule has 1 aromatic rings. The van der Waals surface area contributed by atoms with Gasteiger partial charge in [0.2, 0.25) is 0 Å². The Bertz CT molecular complexity index is 352. The van der Waals surface area contributed by atoms with Crippen LogP contribution in [-0.4, -0.2) is 54.9 Å². The molecule has 5 nitrogen and oxygen atoms in total. The van der Waals surface area contributed by atoms with E-state index in [1.807, 2.05) is 12.1 Å². The average Bonchev–Trinajstić information content (AvgIpc) is 3.15. The molecule has 1 saturated carbocycles. The Balaban J connectivity index is 1.46. The molecule has 1 unspecified atom stereocenters. The van der Waals surface area contributed by atoms with Crippen molar-refractivity contribution in [2.75, 3.05) is 32.8 Å². The van der Waals surface area contributed by atoms with Gasteiger partial charge in [-0.05, 0) is 31.5 Å². The summed E-state index contributed by atoms with van der Waals surface area (Å²) in [6.07, 6.45) is 3.84. The Morgan fingerprint density at radius 1 is 1.55 bits per heavy atom. The quantitative estimate of drug-likeness (QED) is 0.598. The molecular formula is C15H26N2O3. The maximum absolute atomic E-state index is 9.79. The molecule has 20 heavy (non-hydrogen) atoms. The van der Waals surface area contributed by atoms with E-state index in [-0.39, 0.29) is 0 Å². The predicted octanol–water partition coefficient (Wildman–Crippen LogP) is 1.23. The maximum Gasteiger partial charge on any atom is 0.129 e. The summed E-state index contributed by atoms with van der Waals surface area (Å²) in [7, 11) is 0. The van der Waals surface area contributed by atoms with E-state index in [4.69, 9.17) is 9.15 Å². The Labute approximate surface area is 120 Å². The van der Waals surface area contributed by atoms with Gasteiger partial charge in [-0.15, -0.1) is 0 Å². The number of aliphatic hydroxyl groups excluding tert-OH is 1. The molecule has 1 aliphatic carbocycles. The highest BCUT2D eigenvalue weighted by Crippen LogP contribution is 2.25. The number of ether oxygens (including phenoxy) is 1. The van der Waals surface area contributed by atoms with Gasteiger partial charge >= 0.3 is 0 Å². The molecule has 2 rings (SSSR count). The minimum atomic E-state index is -0.471. The van der Waals surface area contributed by atoms with Gasteiger partial charge < -0.3 is 19.6 Å². The summed E-state index contributed by atoms with van der Waals surface area (Å²) in [5.74, 6) is 0.785. The summed E-state index contributed by atoms with van der Waals surface area (Å²) in [5.41, 5.74) is 0. The van der Waals surface area contributed by atoms with Crippen LogP contribution in [0.4, 0.5) is 0 Å². The van der Waals surface area contributed by atoms with Crippen LogP contribution in [0.15, 0.2) is 22.8 Å². The van der Waals surface area contributed by atoms with E-state index in [9.17, 15) is 5.11 Å². The van der Waals surface area contributed by atoms with E-state index in [0.29, 0.717) is 19.8 Å². The van der Waals surface area contributed by atoms with E-state index in [1.54, 1.807) is 6.26 Å². The van der Waals surface area contributed by atoms with Crippen LogP contribution >= 0.6 is 0 Å². The minimum absolute atomic E-state index is 0.327. The first-order chi connectivity index (χ1) is 9.79. The zero-order valence-electron chi connectivity index (χ0n) is 12.3. The third-order valence-electron chi connectivity index (χ3n) is 3.56. The number of hydrogen-bond acceptors (Lipinski definition) is 5. The summed E-state index contributed by atoms with van der Waals surface area (Å²) in [6, 6.07) is 4.50. The summed E-state index contributed by atoms with van der Waals surface area (Å²) in [4.78, 5) is 2.49. The smallest absolute Gasteiger partial charge is 0.129 e. The average molecular weight is 282 g/mol. The van der Waals surface area contributed by atoms with E-state index in [0.717, 1.165) is 31.4 Å². The van der Waals surface area contributed by atoms with Gasteiger partial charge in [0, 0.05) is 25.7 Å². The molecular weight excluding hydrogens is 256 g/mol. The maximum atomic E-state index is 9.79. The lowest BCUT2D eigenvalue weighted by Gasteiger charge is -2.20. The van der Waals surface area contributed by atoms with Gasteiger partial charge in [0.25, 0.3) is 0 Å². The van der Waals surface area contributed by atoms with Crippen LogP contribution < -0.4 is 5.32 Å². The molecule has 5 heteroatoms. The summed E-state index contributed by atoms with van der Waals surface area (Å²) < 4.78 is 10.5. The highest BCUT2D eigenvalue weighted by molar-refractivity contribution is 4.96. The van der Waals surface area contributed by atoms with Crippen molar-refractivity contribution in [1.82, 2.24) is 10.2 Å². The number of hydrogen-bond donors (Lipinski definition) is 2. The third kappa shape index (κ3) is 5.63. The van der Waals surface area contributed by atoms with Gasteiger partial charge in [-0.2, -0.15) is 0 Å². The Hall–Kier alpha value is -0.880. The van der Waals surface area contributed by atoms with Crippen molar-refractivity contribution in [1.29, 1.82) is 0 Å². The van der Waals surface area contributed by atoms with Crippen LogP contribution in [0.1, 0.15) is 25.5 Å². The zero-order chi connectivity index (χ0) is 14.2. The Kier molecular flexibility index (Phi) is 6.53. The van der Waals surface area contributed by atoms with Crippen LogP contribution in [0, 0.1) is 0 Å². The molecule has 1 atom stereocenters. The van der Waals surface area contributed by atoms with Gasteiger partial charge in [-0.25, -0.2) is 0 Å². The second-order valence-electron chi connectivity index (χ2n) is 5.31. The second kappa shape index (κ2) is 8.42. The number of nitrogens with one attached hydrogen (secondary N) is 1. The van der Waals surface area contributed by atoms with Gasteiger partial charge in [-0.1, -0.05) is 6.92 Å². The topological polar surface area (TPSA) is 57.9 Å². The first kappa shape index (κ1) is 15.5. The SMILES string of the molecule is CCN(CCNCC(O)COCc1ccco1)C1CC1. The van der Waals surface area contributed by atoms with Gasteiger partial charge in [-0.3, -0.25) is 4.90 Å². The fourth-order valence-corrected chi connectivity index (χ4v) is 2.28. The summed E-state index contributed by atoms with van der Waals surface area (Å²) in [6.45, 7) is 6.60. The van der Waals surface area contributed by atoms with E-state index in [2.05, 4.69) is 17.1 Å². The molecule has 0 aliphatic heterocycles. The van der Waals surface area contributed by atoms with Gasteiger partial charge in [0.1, 0.15) is 12.4 Å². The van der Waals surface area contributed by atoms with Crippen molar-refractivity contribution in [3.8, 4) is 0 Å². The van der Waals surface area contributed by atoms with Crippen LogP contribution in [0.25, 0.3) is 0 Å². The molecule has 1 fully saturated rings. The first-order valence-corrected chi connectivity index (χ1v) is 7.52. The summed E-state index contributed by atoms with van der Waals surface area (Å²) in [5, 5.41) is 13.1. The van der Waals surface area contributed by atoms with Crippen LogP contribution in [0.5, 0.6) is 0 Å². The third-order valence-corrected chi connectivity index (χ3v) is 3.56. The van der Waals surface area contributed by atoms with Crippen LogP contribution in [0.3, 0.4) is 0 Å². The largest absolute Gasteiger partial charge is 0.467 e. The lowest BCUT2D eigenvalue weighted by Crippen LogP contribution is -2.37. The number of likely N-dealkylation sites (N-methyl/N-ethyl adjacent to an activating group) is 1. The predicted molar refractivity (Wildman–Crippen MR) is 77.5 cm³/mol. The fraction of sp³-hybridized carbons (Fsp3) is 0.733. The van der Waals surface area contributed by atoms with Crippen molar-refractivity contribution >= 4 is 0 Å². The van der Waals surface area contributed by atoms with Crippen molar-refractivity contribution < 1.29 is 14.3 Å². The lowest BCUT2D eigenvalue weighted by atomic mass is 10.3. The zero-order valence-corrected chi connectivity index (χ0v) is 12.3. The summed E-state index contributed by atoms with van der Waals surface area (Å²) >= 11 is 0. The molecule has 114 valence electrons. The van der Waals surface area contributed by atoms with Crippen molar-refractivity contribution in [3.05, 3.63) is 24.2 Å². The molecule has 0 amide bonds. The highest BCUT2D eigenvalue weighted by atomic mass is 16.5. The molecule has 0 radical (unpaired) electrons. The molecule has 1 aliphatic rings. The molecule has 0 saturated heterocycles. The second-order valence-corrected chi connectivity index (χ2v) is 5.31. The van der Waals surface area contributed by atoms with E-state index in [1.165, 1.54) is 12.8 Å². The number of furan rings is 1. The molecule has 0 spiro atoms. The Morgan fingerprint density at radius 3 is 3.05 bits per heavy atom. The Morgan fingerprint density at radius 2 is 2.40 bits per heavy atom. The minimum Gasteiger partial charge on any atom is -0.467 e. The van der Waals surface area contributed by atoms with E-state index < -0.39 is 6.10 Å². The number of aliphatic hydroxyl groups is 1. The molecule has 2 N–H and O–H groups in total.